The molecule has 0 aliphatic rings. The third kappa shape index (κ3) is 3.84. The Hall–Kier alpha value is -3.74. The maximum Gasteiger partial charge on any atom is 0.270 e. The lowest BCUT2D eigenvalue weighted by atomic mass is 10.0. The van der Waals surface area contributed by atoms with Crippen LogP contribution in [0.1, 0.15) is 11.1 Å². The maximum atomic E-state index is 12.1. The molecule has 130 valence electrons. The number of amides is 1. The summed E-state index contributed by atoms with van der Waals surface area (Å²) in [4.78, 5) is 22.3. The highest BCUT2D eigenvalue weighted by Gasteiger charge is 2.09. The molecule has 0 bridgehead atoms. The number of hydrogen-bond acceptors (Lipinski definition) is 5. The minimum absolute atomic E-state index is 0.139. The van der Waals surface area contributed by atoms with Crippen molar-refractivity contribution < 1.29 is 14.8 Å². The molecule has 0 radical (unpaired) electrons. The predicted molar refractivity (Wildman–Crippen MR) is 98.1 cm³/mol. The van der Waals surface area contributed by atoms with E-state index in [2.05, 4.69) is 10.5 Å². The van der Waals surface area contributed by atoms with Gasteiger partial charge in [0.2, 0.25) is 5.91 Å². The van der Waals surface area contributed by atoms with E-state index in [1.807, 2.05) is 42.5 Å². The number of aromatic hydroxyl groups is 1. The largest absolute Gasteiger partial charge is 0.507 e. The monoisotopic (exact) mass is 349 g/mol. The number of phenolic OH excluding ortho intramolecular Hbond substituents is 1. The molecule has 0 atom stereocenters. The van der Waals surface area contributed by atoms with Gasteiger partial charge in [0.25, 0.3) is 5.69 Å². The third-order valence-corrected chi connectivity index (χ3v) is 3.85. The van der Waals surface area contributed by atoms with Crippen molar-refractivity contribution in [3.63, 3.8) is 0 Å². The molecule has 7 heteroatoms. The topological polar surface area (TPSA) is 105 Å². The first kappa shape index (κ1) is 17.1. The summed E-state index contributed by atoms with van der Waals surface area (Å²) in [5.41, 5.74) is 3.21. The van der Waals surface area contributed by atoms with Gasteiger partial charge < -0.3 is 5.11 Å². The Bertz CT molecular complexity index is 1010. The van der Waals surface area contributed by atoms with E-state index < -0.39 is 4.92 Å². The number of nitrogens with zero attached hydrogens (tertiary/aromatic N) is 2. The summed E-state index contributed by atoms with van der Waals surface area (Å²) in [6.45, 7) is 0. The first-order valence-electron chi connectivity index (χ1n) is 7.80. The van der Waals surface area contributed by atoms with Crippen LogP contribution >= 0.6 is 0 Å². The number of nitrogens with one attached hydrogen (secondary N) is 1. The molecular formula is C19H15N3O4. The predicted octanol–water partition coefficient (Wildman–Crippen LogP) is 3.15. The SMILES string of the molecule is O=C(Cc1cccc2ccccc12)N/N=C\c1cc([N+](=O)[O-])ccc1O. The number of hydrazone groups is 1. The van der Waals surface area contributed by atoms with E-state index in [1.54, 1.807) is 0 Å². The van der Waals surface area contributed by atoms with Crippen LogP contribution in [0.4, 0.5) is 5.69 Å². The van der Waals surface area contributed by atoms with E-state index >= 15 is 0 Å². The summed E-state index contributed by atoms with van der Waals surface area (Å²) >= 11 is 0. The number of fused-ring (bicyclic) bond motifs is 1. The Labute approximate surface area is 148 Å². The van der Waals surface area contributed by atoms with Crippen LogP contribution in [0.15, 0.2) is 65.8 Å². The quantitative estimate of drug-likeness (QED) is 0.419. The molecule has 0 aliphatic heterocycles. The molecule has 3 aromatic carbocycles. The van der Waals surface area contributed by atoms with Crippen LogP contribution < -0.4 is 5.43 Å². The standard InChI is InChI=1S/C19H15N3O4/c23-18-9-8-16(22(25)26)10-15(18)12-20-21-19(24)11-14-6-3-5-13-4-1-2-7-17(13)14/h1-10,12,23H,11H2,(H,21,24)/b20-12-. The number of phenols is 1. The number of nitro benzene ring substituents is 1. The van der Waals surface area contributed by atoms with Gasteiger partial charge in [0.15, 0.2) is 0 Å². The van der Waals surface area contributed by atoms with Crippen molar-refractivity contribution in [2.75, 3.05) is 0 Å². The minimum atomic E-state index is -0.574. The highest BCUT2D eigenvalue weighted by molar-refractivity contribution is 5.91. The van der Waals surface area contributed by atoms with Crippen LogP contribution in [0.25, 0.3) is 10.8 Å². The van der Waals surface area contributed by atoms with Crippen LogP contribution in [0, 0.1) is 10.1 Å². The molecule has 0 heterocycles. The molecule has 3 aromatic rings. The summed E-state index contributed by atoms with van der Waals surface area (Å²) in [7, 11) is 0. The lowest BCUT2D eigenvalue weighted by Crippen LogP contribution is -2.19. The van der Waals surface area contributed by atoms with Crippen LogP contribution in [0.5, 0.6) is 5.75 Å². The minimum Gasteiger partial charge on any atom is -0.507 e. The van der Waals surface area contributed by atoms with Crippen LogP contribution in [-0.4, -0.2) is 22.2 Å². The second-order valence-corrected chi connectivity index (χ2v) is 5.61. The molecule has 7 nitrogen and oxygen atoms in total. The van der Waals surface area contributed by atoms with Crippen molar-refractivity contribution in [1.29, 1.82) is 0 Å². The summed E-state index contributed by atoms with van der Waals surface area (Å²) < 4.78 is 0. The fraction of sp³-hybridized carbons (Fsp3) is 0.0526. The van der Waals surface area contributed by atoms with Crippen molar-refractivity contribution in [2.24, 2.45) is 5.10 Å². The Morgan fingerprint density at radius 1 is 1.15 bits per heavy atom. The van der Waals surface area contributed by atoms with E-state index in [1.165, 1.54) is 24.4 Å². The van der Waals surface area contributed by atoms with Crippen molar-refractivity contribution >= 4 is 28.6 Å². The summed E-state index contributed by atoms with van der Waals surface area (Å²) in [5.74, 6) is -0.495. The highest BCUT2D eigenvalue weighted by atomic mass is 16.6. The number of non-ortho nitro benzene ring substituents is 1. The smallest absolute Gasteiger partial charge is 0.270 e. The Balaban J connectivity index is 1.70. The summed E-state index contributed by atoms with van der Waals surface area (Å²) in [6, 6.07) is 17.1. The van der Waals surface area contributed by atoms with Crippen molar-refractivity contribution in [2.45, 2.75) is 6.42 Å². The van der Waals surface area contributed by atoms with Crippen molar-refractivity contribution in [1.82, 2.24) is 5.43 Å². The molecule has 1 amide bonds. The molecule has 0 unspecified atom stereocenters. The first-order valence-corrected chi connectivity index (χ1v) is 7.80. The Morgan fingerprint density at radius 3 is 2.73 bits per heavy atom. The number of hydrogen-bond donors (Lipinski definition) is 2. The zero-order valence-corrected chi connectivity index (χ0v) is 13.6. The van der Waals surface area contributed by atoms with Gasteiger partial charge in [-0.1, -0.05) is 42.5 Å². The summed E-state index contributed by atoms with van der Waals surface area (Å²) in [5, 5.41) is 26.3. The normalized spacial score (nSPS) is 10.9. The zero-order valence-electron chi connectivity index (χ0n) is 13.6. The molecule has 0 aromatic heterocycles. The van der Waals surface area contributed by atoms with E-state index in [-0.39, 0.29) is 29.3 Å². The van der Waals surface area contributed by atoms with E-state index in [9.17, 15) is 20.0 Å². The van der Waals surface area contributed by atoms with Gasteiger partial charge in [0.05, 0.1) is 17.6 Å². The van der Waals surface area contributed by atoms with Gasteiger partial charge in [-0.25, -0.2) is 5.43 Å². The fourth-order valence-electron chi connectivity index (χ4n) is 2.59. The zero-order chi connectivity index (χ0) is 18.5. The van der Waals surface area contributed by atoms with Gasteiger partial charge in [0.1, 0.15) is 5.75 Å². The van der Waals surface area contributed by atoms with Gasteiger partial charge in [0, 0.05) is 17.7 Å². The van der Waals surface area contributed by atoms with Gasteiger partial charge >= 0.3 is 0 Å². The van der Waals surface area contributed by atoms with E-state index in [4.69, 9.17) is 0 Å². The number of nitro groups is 1. The van der Waals surface area contributed by atoms with Gasteiger partial charge in [-0.3, -0.25) is 14.9 Å². The van der Waals surface area contributed by atoms with Crippen molar-refractivity contribution in [3.05, 3.63) is 81.9 Å². The molecule has 0 fully saturated rings. The number of carbonyl (C=O) groups excluding carboxylic acids is 1. The van der Waals surface area contributed by atoms with Crippen LogP contribution in [-0.2, 0) is 11.2 Å². The molecule has 2 N–H and O–H groups in total. The highest BCUT2D eigenvalue weighted by Crippen LogP contribution is 2.21. The second kappa shape index (κ2) is 7.43. The first-order chi connectivity index (χ1) is 12.5. The Morgan fingerprint density at radius 2 is 1.92 bits per heavy atom. The summed E-state index contributed by atoms with van der Waals surface area (Å²) in [6.07, 6.45) is 1.31. The molecule has 0 spiro atoms. The van der Waals surface area contributed by atoms with Crippen LogP contribution in [0.2, 0.25) is 0 Å². The number of carbonyl (C=O) groups is 1. The lowest BCUT2D eigenvalue weighted by molar-refractivity contribution is -0.384. The number of benzene rings is 3. The third-order valence-electron chi connectivity index (χ3n) is 3.85. The van der Waals surface area contributed by atoms with Gasteiger partial charge in [-0.05, 0) is 22.4 Å². The maximum absolute atomic E-state index is 12.1. The second-order valence-electron chi connectivity index (χ2n) is 5.61. The lowest BCUT2D eigenvalue weighted by Gasteiger charge is -2.05. The van der Waals surface area contributed by atoms with E-state index in [0.29, 0.717) is 0 Å². The Kier molecular flexibility index (Phi) is 4.89. The van der Waals surface area contributed by atoms with E-state index in [0.717, 1.165) is 16.3 Å². The number of rotatable bonds is 5. The average Bonchev–Trinajstić information content (AvgIpc) is 2.63. The van der Waals surface area contributed by atoms with Gasteiger partial charge in [-0.15, -0.1) is 0 Å². The van der Waals surface area contributed by atoms with Crippen molar-refractivity contribution in [3.8, 4) is 5.75 Å². The molecule has 26 heavy (non-hydrogen) atoms. The average molecular weight is 349 g/mol. The fourth-order valence-corrected chi connectivity index (χ4v) is 2.59. The molecule has 0 aliphatic carbocycles. The van der Waals surface area contributed by atoms with Crippen LogP contribution in [0.3, 0.4) is 0 Å². The molecule has 0 saturated carbocycles. The molecule has 0 saturated heterocycles. The molecular weight excluding hydrogens is 334 g/mol. The van der Waals surface area contributed by atoms with Gasteiger partial charge in [-0.2, -0.15) is 5.10 Å². The molecule has 3 rings (SSSR count).